The number of nitrogens with zero attached hydrogens (tertiary/aromatic N) is 2. The Labute approximate surface area is 322 Å². The van der Waals surface area contributed by atoms with Crippen molar-refractivity contribution < 1.29 is 4.39 Å². The van der Waals surface area contributed by atoms with Crippen LogP contribution < -0.4 is 0 Å². The van der Waals surface area contributed by atoms with Gasteiger partial charge in [-0.3, -0.25) is 0 Å². The minimum atomic E-state index is -0.464. The zero-order valence-corrected chi connectivity index (χ0v) is 30.4. The maximum atomic E-state index is 13.4. The zero-order chi connectivity index (χ0) is 36.9. The lowest BCUT2D eigenvalue weighted by molar-refractivity contribution is 0.485. The molecule has 0 saturated carbocycles. The number of halogens is 1. The molecule has 0 radical (unpaired) electrons. The molecule has 0 saturated heterocycles. The number of aromatic nitrogens is 2. The van der Waals surface area contributed by atoms with Gasteiger partial charge in [0, 0.05) is 32.9 Å². The van der Waals surface area contributed by atoms with E-state index in [-0.39, 0.29) is 0 Å². The molecular weight excluding hydrogens is 684 g/mol. The van der Waals surface area contributed by atoms with Gasteiger partial charge in [0.05, 0.1) is 22.1 Å². The van der Waals surface area contributed by atoms with Gasteiger partial charge in [0.1, 0.15) is 6.67 Å². The Morgan fingerprint density at radius 3 is 1.50 bits per heavy atom. The second kappa shape index (κ2) is 11.9. The fraction of sp³-hybridized carbons (Fsp3) is 0.0189. The molecule has 0 bridgehead atoms. The Kier molecular flexibility index (Phi) is 6.61. The molecular formula is C53H33FN2. The number of benzene rings is 9. The molecule has 0 aliphatic heterocycles. The fourth-order valence-electron chi connectivity index (χ4n) is 9.47. The molecule has 0 amide bonds. The Bertz CT molecular complexity index is 3370. The van der Waals surface area contributed by atoms with Crippen molar-refractivity contribution in [1.82, 2.24) is 9.13 Å². The van der Waals surface area contributed by atoms with Crippen LogP contribution in [0.1, 0.15) is 5.56 Å². The van der Waals surface area contributed by atoms with E-state index >= 15 is 0 Å². The third kappa shape index (κ3) is 4.43. The average molecular weight is 717 g/mol. The van der Waals surface area contributed by atoms with Gasteiger partial charge in [-0.25, -0.2) is 4.39 Å². The van der Waals surface area contributed by atoms with Gasteiger partial charge in [0.15, 0.2) is 0 Å². The summed E-state index contributed by atoms with van der Waals surface area (Å²) in [4.78, 5) is 0. The van der Waals surface area contributed by atoms with E-state index in [0.717, 1.165) is 22.4 Å². The van der Waals surface area contributed by atoms with E-state index in [4.69, 9.17) is 0 Å². The third-order valence-corrected chi connectivity index (χ3v) is 12.0. The minimum absolute atomic E-state index is 0.464. The molecule has 0 atom stereocenters. The van der Waals surface area contributed by atoms with Crippen LogP contribution in [0.3, 0.4) is 0 Å². The summed E-state index contributed by atoms with van der Waals surface area (Å²) in [5, 5.41) is 7.47. The maximum Gasteiger partial charge on any atom is 0.115 e. The lowest BCUT2D eigenvalue weighted by Gasteiger charge is -2.13. The molecule has 0 unspecified atom stereocenters. The normalized spacial score (nSPS) is 12.1. The van der Waals surface area contributed by atoms with Gasteiger partial charge in [0.2, 0.25) is 0 Å². The summed E-state index contributed by atoms with van der Waals surface area (Å²) in [5.41, 5.74) is 17.5. The van der Waals surface area contributed by atoms with Crippen molar-refractivity contribution in [1.29, 1.82) is 0 Å². The van der Waals surface area contributed by atoms with Crippen molar-refractivity contribution in [2.24, 2.45) is 0 Å². The molecule has 3 heteroatoms. The summed E-state index contributed by atoms with van der Waals surface area (Å²) in [5.74, 6) is 0. The van der Waals surface area contributed by atoms with Gasteiger partial charge in [-0.1, -0.05) is 127 Å². The van der Waals surface area contributed by atoms with Crippen molar-refractivity contribution in [2.75, 3.05) is 0 Å². The lowest BCUT2D eigenvalue weighted by atomic mass is 9.94. The quantitative estimate of drug-likeness (QED) is 0.168. The molecule has 2 heterocycles. The number of rotatable bonds is 5. The van der Waals surface area contributed by atoms with Gasteiger partial charge in [-0.15, -0.1) is 0 Å². The summed E-state index contributed by atoms with van der Waals surface area (Å²) < 4.78 is 18.1. The van der Waals surface area contributed by atoms with Crippen LogP contribution in [0.15, 0.2) is 188 Å². The summed E-state index contributed by atoms with van der Waals surface area (Å²) in [7, 11) is 0. The monoisotopic (exact) mass is 716 g/mol. The molecule has 0 spiro atoms. The van der Waals surface area contributed by atoms with Crippen molar-refractivity contribution >= 4 is 54.4 Å². The third-order valence-electron chi connectivity index (χ3n) is 12.0. The summed E-state index contributed by atoms with van der Waals surface area (Å²) in [6.07, 6.45) is 0. The highest BCUT2D eigenvalue weighted by molar-refractivity contribution is 6.19. The van der Waals surface area contributed by atoms with Crippen LogP contribution in [0, 0.1) is 0 Å². The molecule has 56 heavy (non-hydrogen) atoms. The molecule has 0 fully saturated rings. The predicted molar refractivity (Wildman–Crippen MR) is 233 cm³/mol. The second-order valence-electron chi connectivity index (χ2n) is 15.0. The molecule has 9 aromatic carbocycles. The van der Waals surface area contributed by atoms with Crippen LogP contribution in [-0.2, 0) is 6.67 Å². The molecule has 0 N–H and O–H groups in total. The van der Waals surface area contributed by atoms with Crippen LogP contribution in [0.25, 0.3) is 110 Å². The minimum Gasteiger partial charge on any atom is -0.309 e. The summed E-state index contributed by atoms with van der Waals surface area (Å²) in [6, 6.07) is 67.9. The molecule has 1 aliphatic rings. The van der Waals surface area contributed by atoms with Crippen molar-refractivity contribution in [3.05, 3.63) is 194 Å². The van der Waals surface area contributed by atoms with Crippen molar-refractivity contribution in [2.45, 2.75) is 6.67 Å². The molecule has 1 aliphatic carbocycles. The van der Waals surface area contributed by atoms with Crippen LogP contribution in [0.4, 0.5) is 4.39 Å². The largest absolute Gasteiger partial charge is 0.309 e. The van der Waals surface area contributed by atoms with Crippen LogP contribution in [-0.4, -0.2) is 9.13 Å². The number of hydrogen-bond acceptors (Lipinski definition) is 0. The van der Waals surface area contributed by atoms with E-state index in [2.05, 4.69) is 173 Å². The van der Waals surface area contributed by atoms with E-state index in [1.165, 1.54) is 87.9 Å². The average Bonchev–Trinajstić information content (AvgIpc) is 3.90. The maximum absolute atomic E-state index is 13.4. The Balaban J connectivity index is 0.993. The van der Waals surface area contributed by atoms with E-state index < -0.39 is 6.67 Å². The standard InChI is InChI=1S/C53H33FN2/c54-32-33-19-23-37(24-20-33)55-49-17-5-3-13-42(49)47-30-34(21-27-51(47)55)35-22-28-52-48(31-35)43-14-4-6-18-50(43)56(52)38-10-7-9-36(29-38)39-25-26-46-41-12-2-1-11-40(41)45-16-8-15-44(39)53(45)46/h1-31H,32H2. The summed E-state index contributed by atoms with van der Waals surface area (Å²) >= 11 is 0. The highest BCUT2D eigenvalue weighted by Crippen LogP contribution is 2.49. The zero-order valence-electron chi connectivity index (χ0n) is 30.4. The molecule has 262 valence electrons. The molecule has 12 rings (SSSR count). The first-order chi connectivity index (χ1) is 27.7. The fourth-order valence-corrected chi connectivity index (χ4v) is 9.47. The highest BCUT2D eigenvalue weighted by atomic mass is 19.1. The van der Waals surface area contributed by atoms with Gasteiger partial charge >= 0.3 is 0 Å². The first kappa shape index (κ1) is 31.2. The topological polar surface area (TPSA) is 9.86 Å². The molecule has 11 aromatic rings. The SMILES string of the molecule is FCc1ccc(-n2c3ccccc3c3cc(-c4ccc5c(c4)c4ccccc4n5-c4cccc(-c5ccc6c7c(cccc57)-c5ccccc5-6)c4)ccc32)cc1. The first-order valence-corrected chi connectivity index (χ1v) is 19.2. The van der Waals surface area contributed by atoms with Gasteiger partial charge in [-0.2, -0.15) is 0 Å². The number of alkyl halides is 1. The number of fused-ring (bicyclic) bond motifs is 9. The van der Waals surface area contributed by atoms with Gasteiger partial charge in [-0.05, 0) is 122 Å². The molecule has 2 nitrogen and oxygen atoms in total. The molecule has 2 aromatic heterocycles. The van der Waals surface area contributed by atoms with Crippen molar-refractivity contribution in [3.63, 3.8) is 0 Å². The van der Waals surface area contributed by atoms with Crippen LogP contribution >= 0.6 is 0 Å². The number of para-hydroxylation sites is 2. The van der Waals surface area contributed by atoms with E-state index in [0.29, 0.717) is 5.56 Å². The van der Waals surface area contributed by atoms with Gasteiger partial charge in [0.25, 0.3) is 0 Å². The first-order valence-electron chi connectivity index (χ1n) is 19.2. The van der Waals surface area contributed by atoms with E-state index in [1.807, 2.05) is 24.3 Å². The Morgan fingerprint density at radius 1 is 0.321 bits per heavy atom. The van der Waals surface area contributed by atoms with E-state index in [1.54, 1.807) is 0 Å². The predicted octanol–water partition coefficient (Wildman–Crippen LogP) is 14.5. The van der Waals surface area contributed by atoms with Crippen LogP contribution in [0.5, 0.6) is 0 Å². The van der Waals surface area contributed by atoms with Crippen molar-refractivity contribution in [3.8, 4) is 55.9 Å². The number of hydrogen-bond donors (Lipinski definition) is 0. The Hall–Kier alpha value is -7.23. The smallest absolute Gasteiger partial charge is 0.115 e. The van der Waals surface area contributed by atoms with Gasteiger partial charge < -0.3 is 9.13 Å². The highest BCUT2D eigenvalue weighted by Gasteiger charge is 2.23. The second-order valence-corrected chi connectivity index (χ2v) is 15.0. The Morgan fingerprint density at radius 2 is 0.839 bits per heavy atom. The lowest BCUT2D eigenvalue weighted by Crippen LogP contribution is -1.94. The summed E-state index contributed by atoms with van der Waals surface area (Å²) in [6.45, 7) is -0.464. The van der Waals surface area contributed by atoms with Crippen LogP contribution in [0.2, 0.25) is 0 Å². The van der Waals surface area contributed by atoms with E-state index in [9.17, 15) is 4.39 Å².